The van der Waals surface area contributed by atoms with Crippen LogP contribution in [0.5, 0.6) is 0 Å². The molecule has 3 aromatic carbocycles. The predicted molar refractivity (Wildman–Crippen MR) is 109 cm³/mol. The molecule has 6 heteroatoms. The summed E-state index contributed by atoms with van der Waals surface area (Å²) in [7, 11) is 1.51. The molecular formula is C22H16ClN3O2. The zero-order valence-electron chi connectivity index (χ0n) is 15.0. The van der Waals surface area contributed by atoms with Gasteiger partial charge in [0.1, 0.15) is 0 Å². The molecule has 3 rings (SSSR count). The van der Waals surface area contributed by atoms with Crippen LogP contribution in [0.3, 0.4) is 0 Å². The largest absolute Gasteiger partial charge is 0.355 e. The van der Waals surface area contributed by atoms with Crippen LogP contribution >= 0.6 is 11.6 Å². The predicted octanol–water partition coefficient (Wildman–Crippen LogP) is 4.49. The number of benzene rings is 3. The van der Waals surface area contributed by atoms with E-state index in [1.54, 1.807) is 48.5 Å². The van der Waals surface area contributed by atoms with Crippen LogP contribution in [-0.4, -0.2) is 18.9 Å². The lowest BCUT2D eigenvalue weighted by Gasteiger charge is -2.12. The van der Waals surface area contributed by atoms with Crippen molar-refractivity contribution < 1.29 is 9.59 Å². The van der Waals surface area contributed by atoms with E-state index in [1.165, 1.54) is 13.1 Å². The number of hydrogen-bond donors (Lipinski definition) is 2. The molecule has 0 aliphatic carbocycles. The molecule has 2 amide bonds. The van der Waals surface area contributed by atoms with Crippen molar-refractivity contribution in [1.29, 1.82) is 5.26 Å². The monoisotopic (exact) mass is 389 g/mol. The van der Waals surface area contributed by atoms with Crippen LogP contribution in [0.15, 0.2) is 66.7 Å². The van der Waals surface area contributed by atoms with Crippen molar-refractivity contribution >= 4 is 29.1 Å². The van der Waals surface area contributed by atoms with Gasteiger partial charge in [-0.1, -0.05) is 48.0 Å². The van der Waals surface area contributed by atoms with Gasteiger partial charge in [0.15, 0.2) is 0 Å². The van der Waals surface area contributed by atoms with Crippen LogP contribution in [0.4, 0.5) is 5.69 Å². The molecule has 0 atom stereocenters. The fourth-order valence-corrected chi connectivity index (χ4v) is 3.04. The first kappa shape index (κ1) is 19.2. The molecule has 0 spiro atoms. The highest BCUT2D eigenvalue weighted by molar-refractivity contribution is 6.34. The van der Waals surface area contributed by atoms with E-state index in [0.29, 0.717) is 33.0 Å². The Hall–Kier alpha value is -3.62. The zero-order chi connectivity index (χ0) is 20.1. The van der Waals surface area contributed by atoms with Crippen LogP contribution in [0.25, 0.3) is 11.1 Å². The van der Waals surface area contributed by atoms with Crippen LogP contribution in [0.1, 0.15) is 26.3 Å². The molecule has 28 heavy (non-hydrogen) atoms. The lowest BCUT2D eigenvalue weighted by Crippen LogP contribution is -2.19. The molecule has 0 aliphatic rings. The Morgan fingerprint density at radius 2 is 1.57 bits per heavy atom. The highest BCUT2D eigenvalue weighted by Gasteiger charge is 2.16. The van der Waals surface area contributed by atoms with Gasteiger partial charge in [-0.25, -0.2) is 0 Å². The number of hydrogen-bond acceptors (Lipinski definition) is 3. The van der Waals surface area contributed by atoms with E-state index in [9.17, 15) is 14.9 Å². The third-order valence-electron chi connectivity index (χ3n) is 4.21. The summed E-state index contributed by atoms with van der Waals surface area (Å²) in [6.45, 7) is 0. The first-order valence-electron chi connectivity index (χ1n) is 8.46. The van der Waals surface area contributed by atoms with Gasteiger partial charge in [0.05, 0.1) is 22.2 Å². The van der Waals surface area contributed by atoms with Gasteiger partial charge in [0.2, 0.25) is 0 Å². The number of carbonyl (C=O) groups excluding carboxylic acids is 2. The molecule has 2 N–H and O–H groups in total. The van der Waals surface area contributed by atoms with Crippen LogP contribution in [0, 0.1) is 11.3 Å². The molecular weight excluding hydrogens is 374 g/mol. The van der Waals surface area contributed by atoms with Gasteiger partial charge < -0.3 is 10.6 Å². The number of carbonyl (C=O) groups is 2. The lowest BCUT2D eigenvalue weighted by atomic mass is 9.95. The maximum atomic E-state index is 12.9. The smallest absolute Gasteiger partial charge is 0.256 e. The van der Waals surface area contributed by atoms with E-state index < -0.39 is 0 Å². The minimum Gasteiger partial charge on any atom is -0.355 e. The number of nitrogens with one attached hydrogen (secondary N) is 2. The van der Waals surface area contributed by atoms with Crippen LogP contribution in [-0.2, 0) is 0 Å². The number of nitrogens with zero attached hydrogens (tertiary/aromatic N) is 1. The first-order valence-corrected chi connectivity index (χ1v) is 8.84. The molecule has 0 radical (unpaired) electrons. The maximum absolute atomic E-state index is 12.9. The van der Waals surface area contributed by atoms with Crippen molar-refractivity contribution in [2.75, 3.05) is 12.4 Å². The summed E-state index contributed by atoms with van der Waals surface area (Å²) in [5, 5.41) is 15.0. The molecule has 0 saturated heterocycles. The van der Waals surface area contributed by atoms with E-state index >= 15 is 0 Å². The molecule has 5 nitrogen and oxygen atoms in total. The second kappa shape index (κ2) is 8.38. The summed E-state index contributed by atoms with van der Waals surface area (Å²) in [5.41, 5.74) is 2.94. The average Bonchev–Trinajstić information content (AvgIpc) is 2.74. The molecule has 0 heterocycles. The van der Waals surface area contributed by atoms with Crippen molar-refractivity contribution in [2.24, 2.45) is 0 Å². The Kier molecular flexibility index (Phi) is 5.73. The van der Waals surface area contributed by atoms with Crippen molar-refractivity contribution in [3.8, 4) is 17.2 Å². The SMILES string of the molecule is CNC(=O)c1cc(NC(=O)c2ccccc2-c2ccccc2C#N)ccc1Cl. The molecule has 0 saturated carbocycles. The van der Waals surface area contributed by atoms with Crippen molar-refractivity contribution in [2.45, 2.75) is 0 Å². The Bertz CT molecular complexity index is 1100. The summed E-state index contributed by atoms with van der Waals surface area (Å²) >= 11 is 6.06. The summed E-state index contributed by atoms with van der Waals surface area (Å²) in [6, 6.07) is 21.0. The molecule has 0 aliphatic heterocycles. The number of nitriles is 1. The van der Waals surface area contributed by atoms with E-state index in [4.69, 9.17) is 11.6 Å². The fourth-order valence-electron chi connectivity index (χ4n) is 2.84. The topological polar surface area (TPSA) is 82.0 Å². The summed E-state index contributed by atoms with van der Waals surface area (Å²) in [6.07, 6.45) is 0. The molecule has 0 bridgehead atoms. The number of amides is 2. The summed E-state index contributed by atoms with van der Waals surface area (Å²) in [4.78, 5) is 24.8. The minimum atomic E-state index is -0.353. The minimum absolute atomic E-state index is 0.269. The third-order valence-corrected chi connectivity index (χ3v) is 4.53. The van der Waals surface area contributed by atoms with Crippen LogP contribution < -0.4 is 10.6 Å². The Morgan fingerprint density at radius 3 is 2.29 bits per heavy atom. The van der Waals surface area contributed by atoms with Gasteiger partial charge in [0, 0.05) is 23.9 Å². The highest BCUT2D eigenvalue weighted by Crippen LogP contribution is 2.28. The standard InChI is InChI=1S/C22H16ClN3O2/c1-25-21(27)19-12-15(10-11-20(19)23)26-22(28)18-9-5-4-8-17(18)16-7-3-2-6-14(16)13-24/h2-12H,1H3,(H,25,27)(H,26,28). The molecule has 138 valence electrons. The second-order valence-corrected chi connectivity index (χ2v) is 6.34. The van der Waals surface area contributed by atoms with Crippen LogP contribution in [0.2, 0.25) is 5.02 Å². The second-order valence-electron chi connectivity index (χ2n) is 5.93. The van der Waals surface area contributed by atoms with Crippen molar-refractivity contribution in [3.63, 3.8) is 0 Å². The quantitative estimate of drug-likeness (QED) is 0.689. The van der Waals surface area contributed by atoms with Gasteiger partial charge in [-0.05, 0) is 35.9 Å². The Balaban J connectivity index is 1.97. The fraction of sp³-hybridized carbons (Fsp3) is 0.0455. The first-order chi connectivity index (χ1) is 13.5. The van der Waals surface area contributed by atoms with Gasteiger partial charge in [-0.15, -0.1) is 0 Å². The van der Waals surface area contributed by atoms with Crippen molar-refractivity contribution in [1.82, 2.24) is 5.32 Å². The number of rotatable bonds is 4. The third kappa shape index (κ3) is 3.88. The van der Waals surface area contributed by atoms with E-state index in [1.807, 2.05) is 12.1 Å². The van der Waals surface area contributed by atoms with E-state index in [-0.39, 0.29) is 17.4 Å². The Labute approximate surface area is 167 Å². The molecule has 0 unspecified atom stereocenters. The van der Waals surface area contributed by atoms with Gasteiger partial charge in [-0.2, -0.15) is 5.26 Å². The zero-order valence-corrected chi connectivity index (χ0v) is 15.7. The molecule has 0 fully saturated rings. The van der Waals surface area contributed by atoms with E-state index in [0.717, 1.165) is 0 Å². The molecule has 3 aromatic rings. The lowest BCUT2D eigenvalue weighted by molar-refractivity contribution is 0.0961. The summed E-state index contributed by atoms with van der Waals surface area (Å²) in [5.74, 6) is -0.696. The normalized spacial score (nSPS) is 10.0. The van der Waals surface area contributed by atoms with Gasteiger partial charge >= 0.3 is 0 Å². The average molecular weight is 390 g/mol. The van der Waals surface area contributed by atoms with Crippen molar-refractivity contribution in [3.05, 3.63) is 88.4 Å². The number of halogens is 1. The van der Waals surface area contributed by atoms with Gasteiger partial charge in [0.25, 0.3) is 11.8 Å². The Morgan fingerprint density at radius 1 is 0.893 bits per heavy atom. The number of anilines is 1. The summed E-state index contributed by atoms with van der Waals surface area (Å²) < 4.78 is 0. The maximum Gasteiger partial charge on any atom is 0.256 e. The van der Waals surface area contributed by atoms with E-state index in [2.05, 4.69) is 16.7 Å². The van der Waals surface area contributed by atoms with Gasteiger partial charge in [-0.3, -0.25) is 9.59 Å². The molecule has 0 aromatic heterocycles. The highest BCUT2D eigenvalue weighted by atomic mass is 35.5.